The lowest BCUT2D eigenvalue weighted by Crippen LogP contribution is -2.46. The first-order valence-electron chi connectivity index (χ1n) is 16.0. The van der Waals surface area contributed by atoms with Gasteiger partial charge < -0.3 is 55.7 Å². The van der Waals surface area contributed by atoms with E-state index in [1.165, 1.54) is 13.8 Å². The highest BCUT2D eigenvalue weighted by atomic mass is 31.3. The van der Waals surface area contributed by atoms with Gasteiger partial charge in [-0.05, 0) is 20.8 Å². The molecule has 0 radical (unpaired) electrons. The van der Waals surface area contributed by atoms with E-state index >= 15 is 0 Å². The summed E-state index contributed by atoms with van der Waals surface area (Å²) in [6, 6.07) is 0. The molecule has 1 aliphatic rings. The molecule has 10 N–H and O–H groups in total. The molecular weight excluding hydrogens is 789 g/mol. The number of oxime groups is 1. The van der Waals surface area contributed by atoms with Gasteiger partial charge in [0.2, 0.25) is 11.8 Å². The summed E-state index contributed by atoms with van der Waals surface area (Å²) in [5, 5.41) is 30.3. The van der Waals surface area contributed by atoms with Crippen LogP contribution in [-0.4, -0.2) is 124 Å². The molecule has 1 fully saturated rings. The average molecular weight is 835 g/mol. The van der Waals surface area contributed by atoms with E-state index < -0.39 is 84.6 Å². The first-order chi connectivity index (χ1) is 24.9. The van der Waals surface area contributed by atoms with Crippen molar-refractivity contribution in [1.29, 1.82) is 0 Å². The van der Waals surface area contributed by atoms with Crippen LogP contribution >= 0.6 is 23.5 Å². The fraction of sp³-hybridized carbons (Fsp3) is 0.692. The van der Waals surface area contributed by atoms with E-state index in [1.807, 2.05) is 13.8 Å². The fourth-order valence-corrected chi connectivity index (χ4v) is 7.39. The molecule has 3 rings (SSSR count). The van der Waals surface area contributed by atoms with Gasteiger partial charge in [0.05, 0.1) is 25.3 Å². The summed E-state index contributed by atoms with van der Waals surface area (Å²) in [7, 11) is -16.4. The zero-order valence-corrected chi connectivity index (χ0v) is 32.4. The Morgan fingerprint density at radius 2 is 1.70 bits per heavy atom. The molecule has 2 aromatic heterocycles. The largest absolute Gasteiger partial charge is 0.481 e. The lowest BCUT2D eigenvalue weighted by Gasteiger charge is -2.30. The van der Waals surface area contributed by atoms with Crippen LogP contribution in [0.5, 0.6) is 0 Å². The molecule has 306 valence electrons. The van der Waals surface area contributed by atoms with E-state index in [9.17, 15) is 53.1 Å². The number of hydrogen-bond donors (Lipinski definition) is 9. The van der Waals surface area contributed by atoms with Crippen molar-refractivity contribution in [3.63, 3.8) is 0 Å². The molecule has 2 aromatic rings. The molecule has 54 heavy (non-hydrogen) atoms. The third-order valence-electron chi connectivity index (χ3n) is 7.31. The topological polar surface area (TPSA) is 368 Å². The minimum absolute atomic E-state index is 0.0341. The van der Waals surface area contributed by atoms with Crippen molar-refractivity contribution in [2.75, 3.05) is 32.0 Å². The maximum absolute atomic E-state index is 12.7. The maximum atomic E-state index is 12.7. The van der Waals surface area contributed by atoms with Crippen LogP contribution in [0.1, 0.15) is 53.7 Å². The van der Waals surface area contributed by atoms with Crippen LogP contribution in [0.25, 0.3) is 11.2 Å². The molecule has 1 saturated heterocycles. The SMILES string of the molecule is C/C(CCNC(=O)CCNC(=O)[C@@H](O)C(C)(C)COP(=O)(O)OP(=O)(O)OCC1OC(n2cnc3c(N)ncnc32)C(O)C1OP(=O)(O)O)=N\OC(C)C. The number of amides is 2. The molecule has 3 heterocycles. The van der Waals surface area contributed by atoms with Crippen molar-refractivity contribution >= 4 is 58.0 Å². The van der Waals surface area contributed by atoms with E-state index in [0.29, 0.717) is 12.1 Å². The monoisotopic (exact) mass is 834 g/mol. The second kappa shape index (κ2) is 18.8. The lowest BCUT2D eigenvalue weighted by atomic mass is 9.87. The van der Waals surface area contributed by atoms with Crippen molar-refractivity contribution in [3.05, 3.63) is 12.7 Å². The maximum Gasteiger partial charge on any atom is 0.481 e. The number of nitrogens with one attached hydrogen (secondary N) is 2. The average Bonchev–Trinajstić information content (AvgIpc) is 3.61. The molecule has 0 bridgehead atoms. The smallest absolute Gasteiger partial charge is 0.393 e. The zero-order valence-electron chi connectivity index (χ0n) is 29.7. The molecule has 25 nitrogen and oxygen atoms in total. The molecule has 0 spiro atoms. The predicted octanol–water partition coefficient (Wildman–Crippen LogP) is -0.404. The van der Waals surface area contributed by atoms with Gasteiger partial charge in [0.25, 0.3) is 0 Å². The highest BCUT2D eigenvalue weighted by Gasteiger charge is 2.50. The first kappa shape index (κ1) is 45.4. The number of aromatic nitrogens is 4. The number of aliphatic hydroxyl groups excluding tert-OH is 2. The first-order valence-corrected chi connectivity index (χ1v) is 20.5. The van der Waals surface area contributed by atoms with Gasteiger partial charge in [-0.1, -0.05) is 19.0 Å². The summed E-state index contributed by atoms with van der Waals surface area (Å²) in [5.74, 6) is -1.40. The van der Waals surface area contributed by atoms with Crippen LogP contribution in [0.3, 0.4) is 0 Å². The fourth-order valence-electron chi connectivity index (χ4n) is 4.56. The second-order valence-electron chi connectivity index (χ2n) is 12.8. The molecule has 2 amide bonds. The number of fused-ring (bicyclic) bond motifs is 1. The van der Waals surface area contributed by atoms with Crippen LogP contribution in [-0.2, 0) is 50.7 Å². The van der Waals surface area contributed by atoms with Crippen LogP contribution in [0.15, 0.2) is 17.8 Å². The number of anilines is 1. The summed E-state index contributed by atoms with van der Waals surface area (Å²) in [4.78, 5) is 80.6. The quantitative estimate of drug-likeness (QED) is 0.0438. The number of nitrogens with zero attached hydrogens (tertiary/aromatic N) is 5. The van der Waals surface area contributed by atoms with Gasteiger partial charge in [-0.25, -0.2) is 28.6 Å². The molecule has 0 aliphatic carbocycles. The number of carbonyl (C=O) groups excluding carboxylic acids is 2. The Bertz CT molecular complexity index is 1790. The normalized spacial score (nSPS) is 22.5. The van der Waals surface area contributed by atoms with Crippen molar-refractivity contribution in [2.24, 2.45) is 10.6 Å². The van der Waals surface area contributed by atoms with Crippen LogP contribution in [0.2, 0.25) is 0 Å². The van der Waals surface area contributed by atoms with Gasteiger partial charge in [0.15, 0.2) is 17.7 Å². The van der Waals surface area contributed by atoms with Crippen molar-refractivity contribution in [1.82, 2.24) is 30.2 Å². The van der Waals surface area contributed by atoms with E-state index in [2.05, 4.69) is 39.6 Å². The summed E-state index contributed by atoms with van der Waals surface area (Å²) >= 11 is 0. The summed E-state index contributed by atoms with van der Waals surface area (Å²) in [5.41, 5.74) is 4.95. The summed E-state index contributed by atoms with van der Waals surface area (Å²) in [6.45, 7) is 5.99. The Kier molecular flexibility index (Phi) is 15.8. The van der Waals surface area contributed by atoms with E-state index in [0.717, 1.165) is 17.2 Å². The Balaban J connectivity index is 1.52. The van der Waals surface area contributed by atoms with Crippen LogP contribution in [0, 0.1) is 5.41 Å². The van der Waals surface area contributed by atoms with Crippen molar-refractivity contribution < 1.29 is 80.5 Å². The highest BCUT2D eigenvalue weighted by molar-refractivity contribution is 7.61. The molecule has 1 aliphatic heterocycles. The number of nitrogens with two attached hydrogens (primary N) is 1. The van der Waals surface area contributed by atoms with Crippen LogP contribution < -0.4 is 16.4 Å². The predicted molar refractivity (Wildman–Crippen MR) is 184 cm³/mol. The van der Waals surface area contributed by atoms with E-state index in [4.69, 9.17) is 24.4 Å². The van der Waals surface area contributed by atoms with E-state index in [1.54, 1.807) is 6.92 Å². The van der Waals surface area contributed by atoms with Gasteiger partial charge >= 0.3 is 23.5 Å². The van der Waals surface area contributed by atoms with Crippen LogP contribution in [0.4, 0.5) is 5.82 Å². The molecule has 28 heteroatoms. The number of imidazole rings is 1. The van der Waals surface area contributed by atoms with Crippen molar-refractivity contribution in [2.45, 2.75) is 84.2 Å². The number of carbonyl (C=O) groups is 2. The van der Waals surface area contributed by atoms with Crippen molar-refractivity contribution in [3.8, 4) is 0 Å². The summed E-state index contributed by atoms with van der Waals surface area (Å²) < 4.78 is 62.0. The molecule has 0 saturated carbocycles. The standard InChI is InChI=1S/C26H45N8O17P3/c1-14(2)49-33-15(3)6-8-28-17(35)7-9-29-24(38)21(37)26(4,5)11-47-54(44,45)51-53(42,43)46-10-16-20(50-52(39,40)41)19(36)25(48-16)34-13-32-18-22(27)30-12-31-23(18)34/h12-14,16,19-21,25,36-37H,6-11H2,1-5H3,(H,28,35)(H,29,38)(H,42,43)(H,44,45)(H2,27,30,31)(H2,39,40,41)/b33-15+/t16?,19?,20?,21-,25?/m1/s1. The van der Waals surface area contributed by atoms with Gasteiger partial charge in [0, 0.05) is 31.3 Å². The number of aliphatic hydroxyl groups is 2. The van der Waals surface area contributed by atoms with Gasteiger partial charge in [-0.3, -0.25) is 27.7 Å². The Labute approximate surface area is 308 Å². The molecular formula is C26H45N8O17P3. The number of phosphoric acid groups is 3. The van der Waals surface area contributed by atoms with Gasteiger partial charge in [-0.15, -0.1) is 0 Å². The summed E-state index contributed by atoms with van der Waals surface area (Å²) in [6.07, 6.45) is -6.49. The Hall–Kier alpha value is -2.99. The minimum Gasteiger partial charge on any atom is -0.393 e. The third kappa shape index (κ3) is 13.6. The number of nitrogen functional groups attached to an aromatic ring is 1. The van der Waals surface area contributed by atoms with E-state index in [-0.39, 0.29) is 42.6 Å². The molecule has 6 unspecified atom stereocenters. The minimum atomic E-state index is -5.56. The number of ether oxygens (including phenoxy) is 1. The zero-order chi connectivity index (χ0) is 40.6. The lowest BCUT2D eigenvalue weighted by molar-refractivity contribution is -0.137. The highest BCUT2D eigenvalue weighted by Crippen LogP contribution is 2.61. The number of rotatable bonds is 21. The number of phosphoric ester groups is 3. The van der Waals surface area contributed by atoms with Gasteiger partial charge in [0.1, 0.15) is 42.4 Å². The molecule has 0 aromatic carbocycles. The Morgan fingerprint density at radius 3 is 2.35 bits per heavy atom. The van der Waals surface area contributed by atoms with Gasteiger partial charge in [-0.2, -0.15) is 4.31 Å². The second-order valence-corrected chi connectivity index (χ2v) is 17.0. The Morgan fingerprint density at radius 1 is 1.06 bits per heavy atom. The third-order valence-corrected chi connectivity index (χ3v) is 10.4. The molecule has 7 atom stereocenters. The number of hydrogen-bond acceptors (Lipinski definition) is 18.